The molecule has 1 heterocycles. The van der Waals surface area contributed by atoms with Crippen molar-refractivity contribution in [2.45, 2.75) is 10.3 Å². The Kier molecular flexibility index (Phi) is 3.86. The lowest BCUT2D eigenvalue weighted by atomic mass is 10.1. The van der Waals surface area contributed by atoms with Crippen LogP contribution in [-0.2, 0) is 0 Å². The number of nitrogens with zero attached hydrogens (tertiary/aromatic N) is 1. The van der Waals surface area contributed by atoms with Crippen LogP contribution in [0.2, 0.25) is 0 Å². The summed E-state index contributed by atoms with van der Waals surface area (Å²) in [6, 6.07) is 28.4. The van der Waals surface area contributed by atoms with Crippen molar-refractivity contribution in [1.29, 1.82) is 0 Å². The number of thioether (sulfide) groups is 1. The highest BCUT2D eigenvalue weighted by molar-refractivity contribution is 8.00. The summed E-state index contributed by atoms with van der Waals surface area (Å²) in [7, 11) is 0. The lowest BCUT2D eigenvalue weighted by Crippen LogP contribution is -2.27. The summed E-state index contributed by atoms with van der Waals surface area (Å²) >= 11 is 1.68. The van der Waals surface area contributed by atoms with Crippen molar-refractivity contribution in [2.24, 2.45) is 4.99 Å². The molecule has 3 aromatic rings. The van der Waals surface area contributed by atoms with E-state index in [9.17, 15) is 0 Å². The monoisotopic (exact) mass is 317 g/mol. The standard InChI is InChI=1S/C20H15NOS/c1-3-9-15(10-4-1)19-20(23-16-11-5-2-6-12-16)22-18-14-8-7-13-17(18)21-19/h1-14,20H. The number of aliphatic imine (C=N–C) groups is 1. The minimum absolute atomic E-state index is 0.158. The highest BCUT2D eigenvalue weighted by Gasteiger charge is 2.26. The third-order valence-electron chi connectivity index (χ3n) is 3.62. The van der Waals surface area contributed by atoms with E-state index in [1.165, 1.54) is 4.90 Å². The van der Waals surface area contributed by atoms with Crippen LogP contribution in [-0.4, -0.2) is 11.1 Å². The van der Waals surface area contributed by atoms with Gasteiger partial charge in [-0.1, -0.05) is 72.4 Å². The molecule has 23 heavy (non-hydrogen) atoms. The summed E-state index contributed by atoms with van der Waals surface area (Å²) in [6.07, 6.45) is 0. The summed E-state index contributed by atoms with van der Waals surface area (Å²) in [5.74, 6) is 0.834. The molecule has 1 unspecified atom stereocenters. The molecule has 0 radical (unpaired) electrons. The Morgan fingerprint density at radius 2 is 1.39 bits per heavy atom. The molecule has 0 fully saturated rings. The van der Waals surface area contributed by atoms with Crippen molar-refractivity contribution in [3.8, 4) is 5.75 Å². The summed E-state index contributed by atoms with van der Waals surface area (Å²) in [4.78, 5) is 6.03. The lowest BCUT2D eigenvalue weighted by molar-refractivity contribution is 0.344. The van der Waals surface area contributed by atoms with Crippen LogP contribution in [0.25, 0.3) is 0 Å². The van der Waals surface area contributed by atoms with Gasteiger partial charge in [0.2, 0.25) is 0 Å². The van der Waals surface area contributed by atoms with E-state index < -0.39 is 0 Å². The van der Waals surface area contributed by atoms with Crippen LogP contribution in [0.1, 0.15) is 5.56 Å². The zero-order chi connectivity index (χ0) is 15.5. The Bertz CT molecular complexity index is 831. The van der Waals surface area contributed by atoms with Crippen LogP contribution in [0.3, 0.4) is 0 Å². The average Bonchev–Trinajstić information content (AvgIpc) is 2.63. The highest BCUT2D eigenvalue weighted by atomic mass is 32.2. The predicted molar refractivity (Wildman–Crippen MR) is 95.8 cm³/mol. The maximum atomic E-state index is 6.24. The summed E-state index contributed by atoms with van der Waals surface area (Å²) < 4.78 is 6.24. The third kappa shape index (κ3) is 3.01. The maximum absolute atomic E-state index is 6.24. The summed E-state index contributed by atoms with van der Waals surface area (Å²) in [5, 5.41) is 0. The fourth-order valence-electron chi connectivity index (χ4n) is 2.51. The first kappa shape index (κ1) is 14.1. The van der Waals surface area contributed by atoms with Crippen LogP contribution in [0.5, 0.6) is 5.75 Å². The molecule has 3 aromatic carbocycles. The van der Waals surface area contributed by atoms with E-state index in [1.807, 2.05) is 60.7 Å². The highest BCUT2D eigenvalue weighted by Crippen LogP contribution is 2.38. The molecule has 0 N–H and O–H groups in total. The number of benzene rings is 3. The van der Waals surface area contributed by atoms with Crippen LogP contribution in [0.4, 0.5) is 5.69 Å². The minimum Gasteiger partial charge on any atom is -0.471 e. The second-order valence-corrected chi connectivity index (χ2v) is 6.35. The fourth-order valence-corrected chi connectivity index (χ4v) is 3.53. The number of para-hydroxylation sites is 2. The Balaban J connectivity index is 1.75. The zero-order valence-corrected chi connectivity index (χ0v) is 13.2. The Hall–Kier alpha value is -2.52. The van der Waals surface area contributed by atoms with Gasteiger partial charge in [0.15, 0.2) is 5.44 Å². The van der Waals surface area contributed by atoms with Gasteiger partial charge >= 0.3 is 0 Å². The second-order valence-electron chi connectivity index (χ2n) is 5.21. The smallest absolute Gasteiger partial charge is 0.191 e. The molecule has 1 atom stereocenters. The molecule has 112 valence electrons. The predicted octanol–water partition coefficient (Wildman–Crippen LogP) is 5.32. The SMILES string of the molecule is c1ccc(SC2Oc3ccccc3N=C2c2ccccc2)cc1. The minimum atomic E-state index is -0.158. The van der Waals surface area contributed by atoms with Crippen molar-refractivity contribution in [3.63, 3.8) is 0 Å². The van der Waals surface area contributed by atoms with Crippen molar-refractivity contribution < 1.29 is 4.74 Å². The Labute approximate surface area is 139 Å². The average molecular weight is 317 g/mol. The molecule has 0 bridgehead atoms. The third-order valence-corrected chi connectivity index (χ3v) is 4.70. The van der Waals surface area contributed by atoms with Gasteiger partial charge in [-0.3, -0.25) is 0 Å². The molecule has 1 aliphatic heterocycles. The van der Waals surface area contributed by atoms with Crippen LogP contribution in [0, 0.1) is 0 Å². The molecule has 3 heteroatoms. The van der Waals surface area contributed by atoms with E-state index in [0.717, 1.165) is 22.7 Å². The van der Waals surface area contributed by atoms with E-state index in [1.54, 1.807) is 11.8 Å². The van der Waals surface area contributed by atoms with Gasteiger partial charge in [0, 0.05) is 10.5 Å². The largest absolute Gasteiger partial charge is 0.471 e. The van der Waals surface area contributed by atoms with Gasteiger partial charge in [-0.15, -0.1) is 0 Å². The van der Waals surface area contributed by atoms with Gasteiger partial charge in [0.1, 0.15) is 11.4 Å². The Morgan fingerprint density at radius 1 is 0.739 bits per heavy atom. The van der Waals surface area contributed by atoms with Crippen molar-refractivity contribution >= 4 is 23.2 Å². The van der Waals surface area contributed by atoms with Gasteiger partial charge in [0.25, 0.3) is 0 Å². The van der Waals surface area contributed by atoms with Gasteiger partial charge in [-0.25, -0.2) is 4.99 Å². The molecule has 0 spiro atoms. The van der Waals surface area contributed by atoms with E-state index in [2.05, 4.69) is 24.3 Å². The first-order chi connectivity index (χ1) is 11.4. The first-order valence-corrected chi connectivity index (χ1v) is 8.39. The zero-order valence-electron chi connectivity index (χ0n) is 12.4. The van der Waals surface area contributed by atoms with Crippen molar-refractivity contribution in [2.75, 3.05) is 0 Å². The van der Waals surface area contributed by atoms with E-state index in [-0.39, 0.29) is 5.44 Å². The molecule has 0 saturated carbocycles. The van der Waals surface area contributed by atoms with Crippen molar-refractivity contribution in [1.82, 2.24) is 0 Å². The van der Waals surface area contributed by atoms with Gasteiger partial charge in [-0.05, 0) is 24.3 Å². The maximum Gasteiger partial charge on any atom is 0.191 e. The first-order valence-electron chi connectivity index (χ1n) is 7.51. The van der Waals surface area contributed by atoms with Crippen molar-refractivity contribution in [3.05, 3.63) is 90.5 Å². The van der Waals surface area contributed by atoms with Crippen LogP contribution >= 0.6 is 11.8 Å². The molecular weight excluding hydrogens is 302 g/mol. The van der Waals surface area contributed by atoms with Gasteiger partial charge in [-0.2, -0.15) is 0 Å². The second kappa shape index (κ2) is 6.31. The van der Waals surface area contributed by atoms with E-state index >= 15 is 0 Å². The number of rotatable bonds is 3. The quantitative estimate of drug-likeness (QED) is 0.652. The fraction of sp³-hybridized carbons (Fsp3) is 0.0500. The molecular formula is C20H15NOS. The lowest BCUT2D eigenvalue weighted by Gasteiger charge is -2.26. The number of ether oxygens (including phenoxy) is 1. The number of hydrogen-bond acceptors (Lipinski definition) is 3. The molecule has 2 nitrogen and oxygen atoms in total. The molecule has 1 aliphatic rings. The van der Waals surface area contributed by atoms with Gasteiger partial charge < -0.3 is 4.74 Å². The Morgan fingerprint density at radius 3 is 2.17 bits per heavy atom. The van der Waals surface area contributed by atoms with Gasteiger partial charge in [0.05, 0.1) is 5.71 Å². The summed E-state index contributed by atoms with van der Waals surface area (Å²) in [5.41, 5.74) is 2.78. The topological polar surface area (TPSA) is 21.6 Å². The van der Waals surface area contributed by atoms with E-state index in [0.29, 0.717) is 0 Å². The molecule has 0 saturated heterocycles. The van der Waals surface area contributed by atoms with Crippen LogP contribution in [0.15, 0.2) is 94.8 Å². The normalized spacial score (nSPS) is 16.2. The number of fused-ring (bicyclic) bond motifs is 1. The van der Waals surface area contributed by atoms with Crippen LogP contribution < -0.4 is 4.74 Å². The molecule has 0 aliphatic carbocycles. The molecule has 0 amide bonds. The van der Waals surface area contributed by atoms with E-state index in [4.69, 9.17) is 9.73 Å². The number of hydrogen-bond donors (Lipinski definition) is 0. The summed E-state index contributed by atoms with van der Waals surface area (Å²) in [6.45, 7) is 0. The molecule has 4 rings (SSSR count). The molecule has 0 aromatic heterocycles.